The van der Waals surface area contributed by atoms with Gasteiger partial charge in [-0.25, -0.2) is 0 Å². The van der Waals surface area contributed by atoms with Gasteiger partial charge in [0.15, 0.2) is 0 Å². The molecule has 1 saturated heterocycles. The van der Waals surface area contributed by atoms with Gasteiger partial charge in [0, 0.05) is 30.5 Å². The van der Waals surface area contributed by atoms with E-state index in [1.807, 2.05) is 29.2 Å². The van der Waals surface area contributed by atoms with E-state index < -0.39 is 0 Å². The molecule has 0 spiro atoms. The molecule has 2 heterocycles. The summed E-state index contributed by atoms with van der Waals surface area (Å²) in [6, 6.07) is 16.4. The zero-order valence-corrected chi connectivity index (χ0v) is 14.1. The van der Waals surface area contributed by atoms with Gasteiger partial charge in [0.25, 0.3) is 5.91 Å². The number of benzene rings is 2. The zero-order chi connectivity index (χ0) is 16.6. The highest BCUT2D eigenvalue weighted by Crippen LogP contribution is 2.34. The third-order valence-corrected chi connectivity index (χ3v) is 5.39. The molecule has 0 saturated carbocycles. The van der Waals surface area contributed by atoms with E-state index in [9.17, 15) is 4.79 Å². The van der Waals surface area contributed by atoms with E-state index >= 15 is 0 Å². The maximum Gasteiger partial charge on any atom is 0.253 e. The molecule has 2 aliphatic heterocycles. The smallest absolute Gasteiger partial charge is 0.253 e. The lowest BCUT2D eigenvalue weighted by Crippen LogP contribution is -2.47. The Hall–Kier alpha value is -2.29. The first kappa shape index (κ1) is 15.3. The van der Waals surface area contributed by atoms with Crippen LogP contribution in [0.5, 0.6) is 5.75 Å². The summed E-state index contributed by atoms with van der Waals surface area (Å²) in [5, 5.41) is 0. The minimum Gasteiger partial charge on any atom is -0.493 e. The van der Waals surface area contributed by atoms with Crippen molar-refractivity contribution in [1.29, 1.82) is 0 Å². The van der Waals surface area contributed by atoms with Gasteiger partial charge in [-0.05, 0) is 42.2 Å². The number of hydrogen-bond donors (Lipinski definition) is 0. The average Bonchev–Trinajstić information content (AvgIpc) is 3.09. The Morgan fingerprint density at radius 2 is 2.00 bits per heavy atom. The highest BCUT2D eigenvalue weighted by atomic mass is 16.5. The molecule has 2 aromatic rings. The molecule has 4 rings (SSSR count). The number of fused-ring (bicyclic) bond motifs is 1. The van der Waals surface area contributed by atoms with Crippen LogP contribution in [0.2, 0.25) is 0 Å². The van der Waals surface area contributed by atoms with E-state index in [1.165, 1.54) is 5.56 Å². The highest BCUT2D eigenvalue weighted by Gasteiger charge is 2.35. The fourth-order valence-corrected chi connectivity index (χ4v) is 3.99. The van der Waals surface area contributed by atoms with Gasteiger partial charge in [0.2, 0.25) is 0 Å². The van der Waals surface area contributed by atoms with E-state index in [1.54, 1.807) is 0 Å². The molecule has 24 heavy (non-hydrogen) atoms. The molecule has 2 aromatic carbocycles. The monoisotopic (exact) mass is 321 g/mol. The summed E-state index contributed by atoms with van der Waals surface area (Å²) in [5.74, 6) is 1.07. The van der Waals surface area contributed by atoms with Gasteiger partial charge in [0.05, 0.1) is 6.61 Å². The van der Waals surface area contributed by atoms with E-state index in [2.05, 4.69) is 31.2 Å². The molecule has 0 radical (unpaired) electrons. The average molecular weight is 321 g/mol. The lowest BCUT2D eigenvalue weighted by Gasteiger charge is -2.41. The lowest BCUT2D eigenvalue weighted by atomic mass is 9.76. The van der Waals surface area contributed by atoms with Crippen LogP contribution in [0.1, 0.15) is 41.3 Å². The quantitative estimate of drug-likeness (QED) is 0.841. The number of piperidine rings is 1. The Labute approximate surface area is 143 Å². The third kappa shape index (κ3) is 2.68. The van der Waals surface area contributed by atoms with E-state index in [0.717, 1.165) is 55.8 Å². The molecule has 0 N–H and O–H groups in total. The maximum atomic E-state index is 13.0. The maximum absolute atomic E-state index is 13.0. The molecule has 0 bridgehead atoms. The molecule has 3 nitrogen and oxygen atoms in total. The molecule has 1 fully saturated rings. The van der Waals surface area contributed by atoms with Crippen LogP contribution in [0, 0.1) is 0 Å². The molecule has 1 amide bonds. The Morgan fingerprint density at radius 3 is 2.83 bits per heavy atom. The summed E-state index contributed by atoms with van der Waals surface area (Å²) in [6.07, 6.45) is 3.07. The van der Waals surface area contributed by atoms with Gasteiger partial charge in [0.1, 0.15) is 5.75 Å². The van der Waals surface area contributed by atoms with Crippen molar-refractivity contribution in [2.45, 2.75) is 31.6 Å². The van der Waals surface area contributed by atoms with Crippen molar-refractivity contribution in [1.82, 2.24) is 4.90 Å². The predicted octanol–water partition coefficient (Wildman–Crippen LogP) is 3.82. The lowest BCUT2D eigenvalue weighted by molar-refractivity contribution is 0.0651. The number of carbonyl (C=O) groups excluding carboxylic acids is 1. The van der Waals surface area contributed by atoms with Crippen LogP contribution in [-0.4, -0.2) is 30.5 Å². The van der Waals surface area contributed by atoms with E-state index in [-0.39, 0.29) is 11.3 Å². The van der Waals surface area contributed by atoms with Crippen molar-refractivity contribution < 1.29 is 9.53 Å². The number of hydrogen-bond acceptors (Lipinski definition) is 2. The highest BCUT2D eigenvalue weighted by molar-refractivity contribution is 5.94. The van der Waals surface area contributed by atoms with Crippen LogP contribution in [0.15, 0.2) is 48.5 Å². The first-order chi connectivity index (χ1) is 11.7. The third-order valence-electron chi connectivity index (χ3n) is 5.39. The number of rotatable bonds is 2. The van der Waals surface area contributed by atoms with E-state index in [0.29, 0.717) is 0 Å². The van der Waals surface area contributed by atoms with Crippen molar-refractivity contribution in [3.8, 4) is 5.75 Å². The molecule has 124 valence electrons. The Kier molecular flexibility index (Phi) is 3.79. The van der Waals surface area contributed by atoms with Crippen molar-refractivity contribution in [2.75, 3.05) is 19.7 Å². The van der Waals surface area contributed by atoms with Crippen LogP contribution in [0.4, 0.5) is 0 Å². The largest absolute Gasteiger partial charge is 0.493 e. The number of carbonyl (C=O) groups is 1. The van der Waals surface area contributed by atoms with Gasteiger partial charge in [-0.15, -0.1) is 0 Å². The molecule has 0 aromatic heterocycles. The minimum atomic E-state index is 0.0367. The molecular formula is C21H23NO2. The Morgan fingerprint density at radius 1 is 1.17 bits per heavy atom. The van der Waals surface area contributed by atoms with Crippen molar-refractivity contribution in [2.24, 2.45) is 0 Å². The topological polar surface area (TPSA) is 29.5 Å². The second-order valence-corrected chi connectivity index (χ2v) is 7.18. The number of likely N-dealkylation sites (tertiary alicyclic amines) is 1. The van der Waals surface area contributed by atoms with Crippen molar-refractivity contribution in [3.05, 3.63) is 65.2 Å². The van der Waals surface area contributed by atoms with Gasteiger partial charge in [-0.2, -0.15) is 0 Å². The summed E-state index contributed by atoms with van der Waals surface area (Å²) >= 11 is 0. The van der Waals surface area contributed by atoms with Gasteiger partial charge in [-0.3, -0.25) is 4.79 Å². The molecule has 2 aliphatic rings. The summed E-state index contributed by atoms with van der Waals surface area (Å²) in [7, 11) is 0. The fourth-order valence-electron chi connectivity index (χ4n) is 3.99. The van der Waals surface area contributed by atoms with Crippen LogP contribution < -0.4 is 4.74 Å². The molecule has 3 heteroatoms. The Balaban J connectivity index is 1.57. The van der Waals surface area contributed by atoms with Gasteiger partial charge >= 0.3 is 0 Å². The van der Waals surface area contributed by atoms with Crippen LogP contribution in [0.25, 0.3) is 0 Å². The first-order valence-electron chi connectivity index (χ1n) is 8.76. The normalized spacial score (nSPS) is 22.8. The molecular weight excluding hydrogens is 298 g/mol. The fraction of sp³-hybridized carbons (Fsp3) is 0.381. The number of amides is 1. The second kappa shape index (κ2) is 5.97. The van der Waals surface area contributed by atoms with Gasteiger partial charge < -0.3 is 9.64 Å². The van der Waals surface area contributed by atoms with Crippen molar-refractivity contribution in [3.63, 3.8) is 0 Å². The minimum absolute atomic E-state index is 0.0367. The second-order valence-electron chi connectivity index (χ2n) is 7.18. The molecule has 1 atom stereocenters. The number of nitrogens with zero attached hydrogens (tertiary/aromatic N) is 1. The van der Waals surface area contributed by atoms with Gasteiger partial charge in [-0.1, -0.05) is 37.3 Å². The van der Waals surface area contributed by atoms with Crippen LogP contribution in [0.3, 0.4) is 0 Å². The summed E-state index contributed by atoms with van der Waals surface area (Å²) < 4.78 is 5.54. The van der Waals surface area contributed by atoms with Crippen LogP contribution in [-0.2, 0) is 11.8 Å². The number of ether oxygens (including phenoxy) is 1. The SMILES string of the molecule is CC1(c2ccccc2)CCCN(C(=O)c2ccc3c(c2)CCO3)C1. The predicted molar refractivity (Wildman–Crippen MR) is 94.6 cm³/mol. The molecule has 0 aliphatic carbocycles. The van der Waals surface area contributed by atoms with Crippen LogP contribution >= 0.6 is 0 Å². The first-order valence-corrected chi connectivity index (χ1v) is 8.76. The summed E-state index contributed by atoms with van der Waals surface area (Å²) in [5.41, 5.74) is 3.31. The summed E-state index contributed by atoms with van der Waals surface area (Å²) in [4.78, 5) is 15.0. The zero-order valence-electron chi connectivity index (χ0n) is 14.1. The standard InChI is InChI=1S/C21H23NO2/c1-21(18-6-3-2-4-7-18)11-5-12-22(15-21)20(23)17-8-9-19-16(14-17)10-13-24-19/h2-4,6-9,14H,5,10-13,15H2,1H3. The van der Waals surface area contributed by atoms with Crippen molar-refractivity contribution >= 4 is 5.91 Å². The Bertz CT molecular complexity index is 756. The van der Waals surface area contributed by atoms with E-state index in [4.69, 9.17) is 4.74 Å². The summed E-state index contributed by atoms with van der Waals surface area (Å²) in [6.45, 7) is 4.62. The molecule has 1 unspecified atom stereocenters.